The minimum atomic E-state index is 0. The minimum Gasteiger partial charge on any atom is -0.354 e. The SMILES string of the molecule is CSCCNCc1cnc(N(C)C)s1.Cl. The van der Waals surface area contributed by atoms with Crippen molar-refractivity contribution in [2.45, 2.75) is 6.54 Å². The van der Waals surface area contributed by atoms with E-state index in [0.29, 0.717) is 0 Å². The van der Waals surface area contributed by atoms with Crippen molar-refractivity contribution in [1.29, 1.82) is 0 Å². The predicted molar refractivity (Wildman–Crippen MR) is 73.8 cm³/mol. The van der Waals surface area contributed by atoms with E-state index in [2.05, 4.69) is 16.6 Å². The highest BCUT2D eigenvalue weighted by atomic mass is 35.5. The molecule has 0 radical (unpaired) electrons. The lowest BCUT2D eigenvalue weighted by Gasteiger charge is -2.05. The maximum absolute atomic E-state index is 4.31. The number of hydrogen-bond donors (Lipinski definition) is 1. The molecule has 0 saturated heterocycles. The molecule has 0 unspecified atom stereocenters. The fraction of sp³-hybridized carbons (Fsp3) is 0.667. The largest absolute Gasteiger partial charge is 0.354 e. The number of nitrogens with one attached hydrogen (secondary N) is 1. The Bertz CT molecular complexity index is 266. The van der Waals surface area contributed by atoms with Gasteiger partial charge in [-0.2, -0.15) is 11.8 Å². The smallest absolute Gasteiger partial charge is 0.185 e. The zero-order valence-electron chi connectivity index (χ0n) is 9.32. The quantitative estimate of drug-likeness (QED) is 0.799. The fourth-order valence-corrected chi connectivity index (χ4v) is 2.12. The van der Waals surface area contributed by atoms with Gasteiger partial charge in [0.2, 0.25) is 0 Å². The van der Waals surface area contributed by atoms with Crippen LogP contribution in [0.2, 0.25) is 0 Å². The molecule has 88 valence electrons. The Morgan fingerprint density at radius 1 is 1.53 bits per heavy atom. The Hall–Kier alpha value is 0.0300. The molecule has 1 heterocycles. The molecular formula is C9H18ClN3S2. The lowest BCUT2D eigenvalue weighted by Crippen LogP contribution is -2.15. The van der Waals surface area contributed by atoms with E-state index in [1.54, 1.807) is 11.3 Å². The van der Waals surface area contributed by atoms with Gasteiger partial charge in [0.15, 0.2) is 5.13 Å². The Morgan fingerprint density at radius 3 is 2.80 bits per heavy atom. The monoisotopic (exact) mass is 267 g/mol. The highest BCUT2D eigenvalue weighted by molar-refractivity contribution is 7.98. The normalized spacial score (nSPS) is 9.80. The molecule has 1 aromatic rings. The van der Waals surface area contributed by atoms with Crippen LogP contribution in [0.5, 0.6) is 0 Å². The third-order valence-electron chi connectivity index (χ3n) is 1.71. The van der Waals surface area contributed by atoms with E-state index in [1.165, 1.54) is 10.6 Å². The predicted octanol–water partition coefficient (Wildman–Crippen LogP) is 2.08. The first-order chi connectivity index (χ1) is 6.74. The molecule has 0 amide bonds. The number of aromatic nitrogens is 1. The number of nitrogens with zero attached hydrogens (tertiary/aromatic N) is 2. The summed E-state index contributed by atoms with van der Waals surface area (Å²) in [5.41, 5.74) is 0. The van der Waals surface area contributed by atoms with Crippen molar-refractivity contribution in [3.63, 3.8) is 0 Å². The van der Waals surface area contributed by atoms with Crippen LogP contribution < -0.4 is 10.2 Å². The third kappa shape index (κ3) is 5.61. The van der Waals surface area contributed by atoms with Crippen molar-refractivity contribution in [1.82, 2.24) is 10.3 Å². The van der Waals surface area contributed by atoms with Crippen molar-refractivity contribution in [3.05, 3.63) is 11.1 Å². The summed E-state index contributed by atoms with van der Waals surface area (Å²) < 4.78 is 0. The minimum absolute atomic E-state index is 0. The number of hydrogen-bond acceptors (Lipinski definition) is 5. The van der Waals surface area contributed by atoms with Crippen LogP contribution >= 0.6 is 35.5 Å². The highest BCUT2D eigenvalue weighted by Gasteiger charge is 2.02. The van der Waals surface area contributed by atoms with E-state index >= 15 is 0 Å². The first-order valence-corrected chi connectivity index (χ1v) is 6.76. The summed E-state index contributed by atoms with van der Waals surface area (Å²) in [6.45, 7) is 2.00. The van der Waals surface area contributed by atoms with Crippen LogP contribution in [-0.4, -0.2) is 37.6 Å². The second kappa shape index (κ2) is 8.21. The van der Waals surface area contributed by atoms with Crippen LogP contribution in [0.3, 0.4) is 0 Å². The summed E-state index contributed by atoms with van der Waals surface area (Å²) >= 11 is 3.61. The summed E-state index contributed by atoms with van der Waals surface area (Å²) in [4.78, 5) is 7.65. The van der Waals surface area contributed by atoms with Crippen molar-refractivity contribution >= 4 is 40.6 Å². The highest BCUT2D eigenvalue weighted by Crippen LogP contribution is 2.19. The molecule has 0 spiro atoms. The number of thioether (sulfide) groups is 1. The van der Waals surface area contributed by atoms with Gasteiger partial charge in [-0.3, -0.25) is 0 Å². The Morgan fingerprint density at radius 2 is 2.27 bits per heavy atom. The second-order valence-electron chi connectivity index (χ2n) is 3.17. The fourth-order valence-electron chi connectivity index (χ4n) is 0.971. The van der Waals surface area contributed by atoms with Gasteiger partial charge in [0.1, 0.15) is 0 Å². The summed E-state index contributed by atoms with van der Waals surface area (Å²) in [6.07, 6.45) is 4.07. The molecular weight excluding hydrogens is 250 g/mol. The molecule has 3 nitrogen and oxygen atoms in total. The molecule has 0 bridgehead atoms. The van der Waals surface area contributed by atoms with E-state index in [4.69, 9.17) is 0 Å². The Balaban J connectivity index is 0.00000196. The molecule has 0 aromatic carbocycles. The van der Waals surface area contributed by atoms with Gasteiger partial charge in [-0.25, -0.2) is 4.98 Å². The third-order valence-corrected chi connectivity index (χ3v) is 3.48. The summed E-state index contributed by atoms with van der Waals surface area (Å²) in [5, 5.41) is 4.46. The number of thiazole rings is 1. The van der Waals surface area contributed by atoms with E-state index in [9.17, 15) is 0 Å². The molecule has 0 aliphatic heterocycles. The summed E-state index contributed by atoms with van der Waals surface area (Å²) in [5.74, 6) is 1.17. The topological polar surface area (TPSA) is 28.2 Å². The van der Waals surface area contributed by atoms with Crippen LogP contribution in [0.25, 0.3) is 0 Å². The van der Waals surface area contributed by atoms with Gasteiger partial charge in [0.05, 0.1) is 0 Å². The van der Waals surface area contributed by atoms with Gasteiger partial charge >= 0.3 is 0 Å². The molecule has 15 heavy (non-hydrogen) atoms. The van der Waals surface area contributed by atoms with Crippen LogP contribution in [0.4, 0.5) is 5.13 Å². The molecule has 0 saturated carbocycles. The van der Waals surface area contributed by atoms with E-state index < -0.39 is 0 Å². The molecule has 1 rings (SSSR count). The summed E-state index contributed by atoms with van der Waals surface area (Å²) in [6, 6.07) is 0. The van der Waals surface area contributed by atoms with Gasteiger partial charge in [0.25, 0.3) is 0 Å². The standard InChI is InChI=1S/C9H17N3S2.ClH/c1-12(2)9-11-7-8(14-9)6-10-4-5-13-3;/h7,10H,4-6H2,1-3H3;1H. The van der Waals surface area contributed by atoms with Crippen molar-refractivity contribution in [2.24, 2.45) is 0 Å². The van der Waals surface area contributed by atoms with E-state index in [0.717, 1.165) is 18.2 Å². The van der Waals surface area contributed by atoms with E-state index in [1.807, 2.05) is 37.0 Å². The zero-order chi connectivity index (χ0) is 10.4. The molecule has 6 heteroatoms. The average molecular weight is 268 g/mol. The van der Waals surface area contributed by atoms with Crippen LogP contribution in [-0.2, 0) is 6.54 Å². The Labute approximate surface area is 106 Å². The zero-order valence-corrected chi connectivity index (χ0v) is 11.8. The molecule has 0 atom stereocenters. The maximum atomic E-state index is 4.31. The first-order valence-electron chi connectivity index (χ1n) is 4.55. The van der Waals surface area contributed by atoms with Gasteiger partial charge in [-0.15, -0.1) is 23.7 Å². The number of halogens is 1. The molecule has 1 aromatic heterocycles. The van der Waals surface area contributed by atoms with Crippen LogP contribution in [0, 0.1) is 0 Å². The van der Waals surface area contributed by atoms with Crippen LogP contribution in [0.1, 0.15) is 4.88 Å². The summed E-state index contributed by atoms with van der Waals surface area (Å²) in [7, 11) is 4.04. The van der Waals surface area contributed by atoms with E-state index in [-0.39, 0.29) is 12.4 Å². The van der Waals surface area contributed by atoms with Gasteiger partial charge in [0, 0.05) is 44.0 Å². The van der Waals surface area contributed by atoms with Crippen molar-refractivity contribution < 1.29 is 0 Å². The number of anilines is 1. The van der Waals surface area contributed by atoms with Gasteiger partial charge < -0.3 is 10.2 Å². The lowest BCUT2D eigenvalue weighted by atomic mass is 10.5. The molecule has 0 aliphatic rings. The second-order valence-corrected chi connectivity index (χ2v) is 5.25. The number of rotatable bonds is 6. The van der Waals surface area contributed by atoms with Crippen molar-refractivity contribution in [2.75, 3.05) is 37.5 Å². The average Bonchev–Trinajstić information content (AvgIpc) is 2.61. The molecule has 0 aliphatic carbocycles. The lowest BCUT2D eigenvalue weighted by molar-refractivity contribution is 0.740. The Kier molecular flexibility index (Phi) is 8.23. The molecule has 0 fully saturated rings. The maximum Gasteiger partial charge on any atom is 0.185 e. The van der Waals surface area contributed by atoms with Gasteiger partial charge in [-0.05, 0) is 6.26 Å². The van der Waals surface area contributed by atoms with Crippen LogP contribution in [0.15, 0.2) is 6.20 Å². The van der Waals surface area contributed by atoms with Gasteiger partial charge in [-0.1, -0.05) is 0 Å². The van der Waals surface area contributed by atoms with Crippen molar-refractivity contribution in [3.8, 4) is 0 Å². The molecule has 1 N–H and O–H groups in total. The first kappa shape index (κ1) is 15.0.